The van der Waals surface area contributed by atoms with E-state index >= 15 is 0 Å². The molecule has 1 fully saturated rings. The summed E-state index contributed by atoms with van der Waals surface area (Å²) in [5, 5.41) is 2.89. The molecule has 0 atom stereocenters. The number of aryl methyl sites for hydroxylation is 1. The number of sulfonamides is 1. The highest BCUT2D eigenvalue weighted by molar-refractivity contribution is 7.92. The smallest absolute Gasteiger partial charge is 0.261 e. The first kappa shape index (κ1) is 22.7. The van der Waals surface area contributed by atoms with Crippen LogP contribution >= 0.6 is 0 Å². The Morgan fingerprint density at radius 1 is 1.03 bits per heavy atom. The maximum Gasteiger partial charge on any atom is 0.261 e. The molecular weight excluding hydrogens is 443 g/mol. The minimum Gasteiger partial charge on any atom is -0.355 e. The van der Waals surface area contributed by atoms with Crippen molar-refractivity contribution in [1.29, 1.82) is 0 Å². The second-order valence-corrected chi connectivity index (χ2v) is 9.66. The number of anilines is 3. The van der Waals surface area contributed by atoms with E-state index in [1.54, 1.807) is 37.4 Å². The Bertz CT molecular complexity index is 1270. The summed E-state index contributed by atoms with van der Waals surface area (Å²) in [6.07, 6.45) is 5.04. The van der Waals surface area contributed by atoms with E-state index in [0.29, 0.717) is 11.3 Å². The molecule has 0 bridgehead atoms. The molecule has 4 rings (SSSR count). The van der Waals surface area contributed by atoms with Crippen LogP contribution in [0.1, 0.15) is 35.2 Å². The van der Waals surface area contributed by atoms with Gasteiger partial charge in [-0.15, -0.1) is 0 Å². The quantitative estimate of drug-likeness (QED) is 0.553. The number of hydrogen-bond acceptors (Lipinski definition) is 5. The lowest BCUT2D eigenvalue weighted by molar-refractivity contribution is 0.102. The molecule has 9 heteroatoms. The van der Waals surface area contributed by atoms with E-state index in [0.717, 1.165) is 37.8 Å². The van der Waals surface area contributed by atoms with Gasteiger partial charge in [0.25, 0.3) is 15.9 Å². The van der Waals surface area contributed by atoms with Crippen molar-refractivity contribution in [3.8, 4) is 0 Å². The highest BCUT2D eigenvalue weighted by atomic mass is 32.2. The lowest BCUT2D eigenvalue weighted by Gasteiger charge is -2.29. The van der Waals surface area contributed by atoms with E-state index in [-0.39, 0.29) is 22.1 Å². The van der Waals surface area contributed by atoms with Crippen LogP contribution < -0.4 is 14.9 Å². The Kier molecular flexibility index (Phi) is 6.60. The molecule has 0 unspecified atom stereocenters. The van der Waals surface area contributed by atoms with Crippen LogP contribution in [0.15, 0.2) is 65.7 Å². The number of pyridine rings is 1. The number of benzene rings is 2. The van der Waals surface area contributed by atoms with Crippen molar-refractivity contribution in [1.82, 2.24) is 4.98 Å². The number of aromatic nitrogens is 1. The topological polar surface area (TPSA) is 91.4 Å². The molecule has 2 heterocycles. The number of amides is 1. The normalized spacial score (nSPS) is 14.1. The monoisotopic (exact) mass is 468 g/mol. The number of rotatable bonds is 6. The van der Waals surface area contributed by atoms with Crippen LogP contribution in [0.25, 0.3) is 0 Å². The minimum absolute atomic E-state index is 0.193. The van der Waals surface area contributed by atoms with Crippen molar-refractivity contribution in [2.24, 2.45) is 0 Å². The first-order valence-electron chi connectivity index (χ1n) is 10.7. The summed E-state index contributed by atoms with van der Waals surface area (Å²) in [5.41, 5.74) is 1.43. The first-order valence-corrected chi connectivity index (χ1v) is 12.2. The molecule has 1 aliphatic heterocycles. The number of nitrogens with zero attached hydrogens (tertiary/aromatic N) is 2. The first-order chi connectivity index (χ1) is 15.8. The number of nitrogens with one attached hydrogen (secondary N) is 2. The van der Waals surface area contributed by atoms with E-state index in [1.807, 2.05) is 0 Å². The predicted molar refractivity (Wildman–Crippen MR) is 127 cm³/mol. The maximum absolute atomic E-state index is 13.8. The molecule has 1 aliphatic rings. The number of carbonyl (C=O) groups is 1. The SMILES string of the molecule is Cc1ccc(S(=O)(=O)Nc2cccc(C(=O)Nc3cccnc3N3CCCCC3)c2)cc1F. The molecule has 0 radical (unpaired) electrons. The van der Waals surface area contributed by atoms with Crippen LogP contribution in [0.3, 0.4) is 0 Å². The van der Waals surface area contributed by atoms with Crippen molar-refractivity contribution in [2.45, 2.75) is 31.1 Å². The second kappa shape index (κ2) is 9.58. The van der Waals surface area contributed by atoms with Gasteiger partial charge in [-0.2, -0.15) is 0 Å². The summed E-state index contributed by atoms with van der Waals surface area (Å²) in [4.78, 5) is 19.4. The fourth-order valence-electron chi connectivity index (χ4n) is 3.73. The minimum atomic E-state index is -4.01. The van der Waals surface area contributed by atoms with Gasteiger partial charge in [0.2, 0.25) is 0 Å². The zero-order valence-electron chi connectivity index (χ0n) is 18.2. The van der Waals surface area contributed by atoms with Gasteiger partial charge in [0.1, 0.15) is 5.82 Å². The molecule has 1 saturated heterocycles. The number of hydrogen-bond donors (Lipinski definition) is 2. The van der Waals surface area contributed by atoms with Crippen molar-refractivity contribution < 1.29 is 17.6 Å². The molecule has 7 nitrogen and oxygen atoms in total. The van der Waals surface area contributed by atoms with E-state index in [4.69, 9.17) is 0 Å². The van der Waals surface area contributed by atoms with Crippen molar-refractivity contribution in [3.05, 3.63) is 77.7 Å². The van der Waals surface area contributed by atoms with Crippen LogP contribution in [-0.4, -0.2) is 32.4 Å². The molecular formula is C24H25FN4O3S. The molecule has 1 aromatic heterocycles. The largest absolute Gasteiger partial charge is 0.355 e. The van der Waals surface area contributed by atoms with Crippen LogP contribution in [0, 0.1) is 12.7 Å². The predicted octanol–water partition coefficient (Wildman–Crippen LogP) is 4.57. The zero-order chi connectivity index (χ0) is 23.4. The van der Waals surface area contributed by atoms with Gasteiger partial charge in [0.15, 0.2) is 5.82 Å². The van der Waals surface area contributed by atoms with E-state index in [2.05, 4.69) is 19.9 Å². The Morgan fingerprint density at radius 2 is 1.82 bits per heavy atom. The standard InChI is InChI=1S/C24H25FN4O3S/c1-17-10-11-20(16-21(17)25)33(31,32)28-19-8-5-7-18(15-19)24(30)27-22-9-6-12-26-23(22)29-13-3-2-4-14-29/h5-12,15-16,28H,2-4,13-14H2,1H3,(H,27,30). The maximum atomic E-state index is 13.8. The van der Waals surface area contributed by atoms with Crippen molar-refractivity contribution >= 4 is 33.1 Å². The fourth-order valence-corrected chi connectivity index (χ4v) is 4.79. The van der Waals surface area contributed by atoms with Gasteiger partial charge >= 0.3 is 0 Å². The van der Waals surface area contributed by atoms with Crippen molar-refractivity contribution in [3.63, 3.8) is 0 Å². The highest BCUT2D eigenvalue weighted by Crippen LogP contribution is 2.27. The highest BCUT2D eigenvalue weighted by Gasteiger charge is 2.19. The Balaban J connectivity index is 1.52. The van der Waals surface area contributed by atoms with Crippen LogP contribution in [0.2, 0.25) is 0 Å². The molecule has 33 heavy (non-hydrogen) atoms. The summed E-state index contributed by atoms with van der Waals surface area (Å²) in [5.74, 6) is -0.264. The summed E-state index contributed by atoms with van der Waals surface area (Å²) in [6, 6.07) is 13.4. The van der Waals surface area contributed by atoms with E-state index in [1.165, 1.54) is 30.7 Å². The van der Waals surface area contributed by atoms with Gasteiger partial charge in [-0.25, -0.2) is 17.8 Å². The van der Waals surface area contributed by atoms with E-state index in [9.17, 15) is 17.6 Å². The van der Waals surface area contributed by atoms with Gasteiger partial charge < -0.3 is 10.2 Å². The van der Waals surface area contributed by atoms with Gasteiger partial charge in [0, 0.05) is 30.5 Å². The molecule has 0 aliphatic carbocycles. The number of halogens is 1. The third-order valence-corrected chi connectivity index (χ3v) is 6.90. The lowest BCUT2D eigenvalue weighted by atomic mass is 10.1. The second-order valence-electron chi connectivity index (χ2n) is 7.97. The van der Waals surface area contributed by atoms with Crippen LogP contribution in [-0.2, 0) is 10.0 Å². The molecule has 0 spiro atoms. The molecule has 0 saturated carbocycles. The number of carbonyl (C=O) groups excluding carboxylic acids is 1. The van der Waals surface area contributed by atoms with Crippen molar-refractivity contribution in [2.75, 3.05) is 28.0 Å². The Hall–Kier alpha value is -3.46. The summed E-state index contributed by atoms with van der Waals surface area (Å²) >= 11 is 0. The lowest BCUT2D eigenvalue weighted by Crippen LogP contribution is -2.31. The van der Waals surface area contributed by atoms with Gasteiger partial charge in [-0.05, 0) is 74.2 Å². The van der Waals surface area contributed by atoms with Gasteiger partial charge in [0.05, 0.1) is 10.6 Å². The average molecular weight is 469 g/mol. The summed E-state index contributed by atoms with van der Waals surface area (Å²) in [6.45, 7) is 3.33. The third kappa shape index (κ3) is 5.31. The number of piperidine rings is 1. The molecule has 3 aromatic rings. The summed E-state index contributed by atoms with van der Waals surface area (Å²) < 4.78 is 41.6. The van der Waals surface area contributed by atoms with Gasteiger partial charge in [-0.3, -0.25) is 9.52 Å². The van der Waals surface area contributed by atoms with Gasteiger partial charge in [-0.1, -0.05) is 12.1 Å². The molecule has 2 aromatic carbocycles. The molecule has 1 amide bonds. The fraction of sp³-hybridized carbons (Fsp3) is 0.250. The zero-order valence-corrected chi connectivity index (χ0v) is 19.0. The summed E-state index contributed by atoms with van der Waals surface area (Å²) in [7, 11) is -4.01. The third-order valence-electron chi connectivity index (χ3n) is 5.52. The van der Waals surface area contributed by atoms with E-state index < -0.39 is 15.8 Å². The molecule has 172 valence electrons. The van der Waals surface area contributed by atoms with Crippen LogP contribution in [0.4, 0.5) is 21.6 Å². The van der Waals surface area contributed by atoms with Crippen LogP contribution in [0.5, 0.6) is 0 Å². The molecule has 2 N–H and O–H groups in total. The average Bonchev–Trinajstić information content (AvgIpc) is 2.81. The Labute approximate surface area is 192 Å². The Morgan fingerprint density at radius 3 is 2.58 bits per heavy atom.